The molecule has 0 amide bonds. The Labute approximate surface area is 111 Å². The predicted molar refractivity (Wildman–Crippen MR) is 71.9 cm³/mol. The van der Waals surface area contributed by atoms with Crippen molar-refractivity contribution >= 4 is 0 Å². The summed E-state index contributed by atoms with van der Waals surface area (Å²) < 4.78 is 15.7. The van der Waals surface area contributed by atoms with Gasteiger partial charge in [0.2, 0.25) is 0 Å². The van der Waals surface area contributed by atoms with Crippen LogP contribution in [0.4, 0.5) is 0 Å². The lowest BCUT2D eigenvalue weighted by Gasteiger charge is -2.26. The number of likely N-dealkylation sites (N-methyl/N-ethyl adjacent to an activating group) is 1. The van der Waals surface area contributed by atoms with Crippen LogP contribution in [0.3, 0.4) is 0 Å². The van der Waals surface area contributed by atoms with Gasteiger partial charge in [0, 0.05) is 32.5 Å². The van der Waals surface area contributed by atoms with Gasteiger partial charge in [-0.05, 0) is 33.2 Å². The topological polar surface area (TPSA) is 60.0 Å². The molecule has 0 aliphatic carbocycles. The minimum absolute atomic E-state index is 0.150. The fraction of sp³-hybridized carbons (Fsp3) is 1.00. The summed E-state index contributed by atoms with van der Waals surface area (Å²) in [5.74, 6) is 0. The summed E-state index contributed by atoms with van der Waals surface area (Å²) >= 11 is 0. The van der Waals surface area contributed by atoms with Gasteiger partial charge < -0.3 is 24.6 Å². The number of nitrogens with one attached hydrogen (secondary N) is 1. The first-order valence-electron chi connectivity index (χ1n) is 6.62. The van der Waals surface area contributed by atoms with Gasteiger partial charge in [0.25, 0.3) is 0 Å². The lowest BCUT2D eigenvalue weighted by molar-refractivity contribution is 0.0493. The summed E-state index contributed by atoms with van der Waals surface area (Å²) in [6, 6.07) is 0. The molecule has 0 rings (SSSR count). The maximum atomic E-state index is 9.20. The van der Waals surface area contributed by atoms with E-state index in [9.17, 15) is 5.11 Å². The summed E-state index contributed by atoms with van der Waals surface area (Å²) in [7, 11) is 3.53. The number of rotatable bonds is 13. The molecule has 5 nitrogen and oxygen atoms in total. The third kappa shape index (κ3) is 9.79. The molecule has 0 aromatic heterocycles. The smallest absolute Gasteiger partial charge is 0.0700 e. The SMILES string of the molecule is CNC(C)(CO)CCCOCCCOCCOC. The second kappa shape index (κ2) is 11.9. The zero-order valence-corrected chi connectivity index (χ0v) is 12.0. The first-order valence-corrected chi connectivity index (χ1v) is 6.62. The van der Waals surface area contributed by atoms with E-state index in [1.165, 1.54) is 0 Å². The van der Waals surface area contributed by atoms with Crippen molar-refractivity contribution in [3.05, 3.63) is 0 Å². The molecule has 0 saturated heterocycles. The summed E-state index contributed by atoms with van der Waals surface area (Å²) in [4.78, 5) is 0. The molecule has 0 aromatic carbocycles. The van der Waals surface area contributed by atoms with Crippen LogP contribution >= 0.6 is 0 Å². The van der Waals surface area contributed by atoms with Gasteiger partial charge >= 0.3 is 0 Å². The molecule has 0 bridgehead atoms. The van der Waals surface area contributed by atoms with Gasteiger partial charge in [-0.25, -0.2) is 0 Å². The first kappa shape index (κ1) is 17.8. The molecule has 110 valence electrons. The van der Waals surface area contributed by atoms with Gasteiger partial charge in [0.15, 0.2) is 0 Å². The minimum atomic E-state index is -0.188. The van der Waals surface area contributed by atoms with Crippen LogP contribution in [0.15, 0.2) is 0 Å². The van der Waals surface area contributed by atoms with Crippen LogP contribution in [0.5, 0.6) is 0 Å². The van der Waals surface area contributed by atoms with E-state index in [-0.39, 0.29) is 12.1 Å². The van der Waals surface area contributed by atoms with Gasteiger partial charge in [-0.1, -0.05) is 0 Å². The minimum Gasteiger partial charge on any atom is -0.394 e. The van der Waals surface area contributed by atoms with Crippen LogP contribution in [0.25, 0.3) is 0 Å². The van der Waals surface area contributed by atoms with Gasteiger partial charge in [-0.3, -0.25) is 0 Å². The highest BCUT2D eigenvalue weighted by Crippen LogP contribution is 2.10. The quantitative estimate of drug-likeness (QED) is 0.482. The Hall–Kier alpha value is -0.200. The summed E-state index contributed by atoms with van der Waals surface area (Å²) in [5, 5.41) is 12.3. The van der Waals surface area contributed by atoms with Crippen molar-refractivity contribution in [3.8, 4) is 0 Å². The van der Waals surface area contributed by atoms with Crippen LogP contribution in [-0.4, -0.2) is 64.4 Å². The van der Waals surface area contributed by atoms with E-state index in [0.29, 0.717) is 19.8 Å². The predicted octanol–water partition coefficient (Wildman–Crippen LogP) is 0.807. The summed E-state index contributed by atoms with van der Waals surface area (Å²) in [6.45, 7) is 5.62. The zero-order chi connectivity index (χ0) is 13.7. The molecule has 0 heterocycles. The van der Waals surface area contributed by atoms with Crippen LogP contribution < -0.4 is 5.32 Å². The molecule has 1 unspecified atom stereocenters. The van der Waals surface area contributed by atoms with Crippen molar-refractivity contribution in [2.45, 2.75) is 31.7 Å². The van der Waals surface area contributed by atoms with Gasteiger partial charge in [0.1, 0.15) is 0 Å². The monoisotopic (exact) mass is 263 g/mol. The standard InChI is InChI=1S/C13H29NO4/c1-13(12-15,14-2)6-4-7-17-8-5-9-18-11-10-16-3/h14-15H,4-12H2,1-3H3. The van der Waals surface area contributed by atoms with Crippen molar-refractivity contribution in [2.24, 2.45) is 0 Å². The molecular formula is C13H29NO4. The van der Waals surface area contributed by atoms with Gasteiger partial charge in [0.05, 0.1) is 19.8 Å². The number of ether oxygens (including phenoxy) is 3. The third-order valence-corrected chi connectivity index (χ3v) is 2.98. The lowest BCUT2D eigenvalue weighted by atomic mass is 9.97. The maximum Gasteiger partial charge on any atom is 0.0700 e. The molecule has 1 atom stereocenters. The van der Waals surface area contributed by atoms with E-state index in [1.807, 2.05) is 14.0 Å². The van der Waals surface area contributed by atoms with E-state index in [4.69, 9.17) is 14.2 Å². The van der Waals surface area contributed by atoms with Crippen molar-refractivity contribution in [1.29, 1.82) is 0 Å². The Morgan fingerprint density at radius 2 is 1.61 bits per heavy atom. The first-order chi connectivity index (χ1) is 8.68. The Morgan fingerprint density at radius 3 is 2.17 bits per heavy atom. The highest BCUT2D eigenvalue weighted by atomic mass is 16.5. The summed E-state index contributed by atoms with van der Waals surface area (Å²) in [5.41, 5.74) is -0.188. The van der Waals surface area contributed by atoms with Crippen molar-refractivity contribution in [2.75, 3.05) is 53.8 Å². The lowest BCUT2D eigenvalue weighted by Crippen LogP contribution is -2.43. The number of aliphatic hydroxyl groups excluding tert-OH is 1. The number of methoxy groups -OCH3 is 1. The molecular weight excluding hydrogens is 234 g/mol. The molecule has 5 heteroatoms. The second-order valence-electron chi connectivity index (χ2n) is 4.64. The number of hydrogen-bond donors (Lipinski definition) is 2. The van der Waals surface area contributed by atoms with Crippen LogP contribution in [-0.2, 0) is 14.2 Å². The van der Waals surface area contributed by atoms with Gasteiger partial charge in [-0.15, -0.1) is 0 Å². The highest BCUT2D eigenvalue weighted by Gasteiger charge is 2.19. The maximum absolute atomic E-state index is 9.20. The Bertz CT molecular complexity index is 174. The molecule has 0 fully saturated rings. The van der Waals surface area contributed by atoms with Crippen molar-refractivity contribution < 1.29 is 19.3 Å². The second-order valence-corrected chi connectivity index (χ2v) is 4.64. The van der Waals surface area contributed by atoms with Crippen LogP contribution in [0.2, 0.25) is 0 Å². The molecule has 0 aliphatic heterocycles. The van der Waals surface area contributed by atoms with Crippen LogP contribution in [0, 0.1) is 0 Å². The molecule has 0 aliphatic rings. The molecule has 18 heavy (non-hydrogen) atoms. The highest BCUT2D eigenvalue weighted by molar-refractivity contribution is 4.79. The molecule has 2 N–H and O–H groups in total. The van der Waals surface area contributed by atoms with Crippen LogP contribution in [0.1, 0.15) is 26.2 Å². The van der Waals surface area contributed by atoms with E-state index < -0.39 is 0 Å². The number of aliphatic hydroxyl groups is 1. The average Bonchev–Trinajstić information content (AvgIpc) is 2.40. The number of hydrogen-bond acceptors (Lipinski definition) is 5. The van der Waals surface area contributed by atoms with Crippen molar-refractivity contribution in [1.82, 2.24) is 5.32 Å². The van der Waals surface area contributed by atoms with E-state index in [0.717, 1.165) is 32.5 Å². The Kier molecular flexibility index (Phi) is 11.7. The molecule has 0 spiro atoms. The average molecular weight is 263 g/mol. The molecule has 0 radical (unpaired) electrons. The zero-order valence-electron chi connectivity index (χ0n) is 12.0. The summed E-state index contributed by atoms with van der Waals surface area (Å²) in [6.07, 6.45) is 2.76. The fourth-order valence-electron chi connectivity index (χ4n) is 1.46. The molecule has 0 saturated carbocycles. The normalized spacial score (nSPS) is 14.7. The van der Waals surface area contributed by atoms with E-state index >= 15 is 0 Å². The Morgan fingerprint density at radius 1 is 1.00 bits per heavy atom. The van der Waals surface area contributed by atoms with Crippen molar-refractivity contribution in [3.63, 3.8) is 0 Å². The van der Waals surface area contributed by atoms with E-state index in [1.54, 1.807) is 7.11 Å². The Balaban J connectivity index is 3.21. The van der Waals surface area contributed by atoms with Gasteiger partial charge in [-0.2, -0.15) is 0 Å². The van der Waals surface area contributed by atoms with E-state index in [2.05, 4.69) is 5.32 Å². The third-order valence-electron chi connectivity index (χ3n) is 2.98. The molecule has 0 aromatic rings. The fourth-order valence-corrected chi connectivity index (χ4v) is 1.46. The largest absolute Gasteiger partial charge is 0.394 e.